The van der Waals surface area contributed by atoms with E-state index in [4.69, 9.17) is 5.73 Å². The zero-order valence-corrected chi connectivity index (χ0v) is 8.41. The normalized spacial score (nSPS) is 10.7. The van der Waals surface area contributed by atoms with Crippen molar-refractivity contribution in [3.8, 4) is 0 Å². The van der Waals surface area contributed by atoms with E-state index >= 15 is 0 Å². The number of benzene rings is 1. The fourth-order valence-corrected chi connectivity index (χ4v) is 1.55. The molecule has 3 nitrogen and oxygen atoms in total. The number of hydrogen-bond donors (Lipinski definition) is 1. The monoisotopic (exact) mass is 187 g/mol. The number of fused-ring (bicyclic) bond motifs is 1. The fourth-order valence-electron chi connectivity index (χ4n) is 1.55. The maximum atomic E-state index is 5.81. The van der Waals surface area contributed by atoms with Gasteiger partial charge in [0.25, 0.3) is 0 Å². The molecule has 0 atom stereocenters. The van der Waals surface area contributed by atoms with Crippen LogP contribution in [0.15, 0.2) is 18.2 Å². The van der Waals surface area contributed by atoms with E-state index in [9.17, 15) is 0 Å². The van der Waals surface area contributed by atoms with Gasteiger partial charge in [0.2, 0.25) is 0 Å². The first-order valence-electron chi connectivity index (χ1n) is 4.74. The van der Waals surface area contributed by atoms with Crippen molar-refractivity contribution in [3.63, 3.8) is 0 Å². The molecule has 1 aromatic carbocycles. The Morgan fingerprint density at radius 2 is 2.07 bits per heavy atom. The number of nitrogens with two attached hydrogens (primary N) is 1. The number of rotatable bonds is 1. The Morgan fingerprint density at radius 1 is 1.29 bits per heavy atom. The number of aromatic nitrogens is 2. The molecule has 0 fully saturated rings. The van der Waals surface area contributed by atoms with Crippen LogP contribution in [0.1, 0.15) is 18.3 Å². The molecule has 0 aliphatic heterocycles. The average Bonchev–Trinajstić information content (AvgIpc) is 2.19. The Labute approximate surface area is 83.0 Å². The third kappa shape index (κ3) is 1.31. The van der Waals surface area contributed by atoms with Gasteiger partial charge in [-0.3, -0.25) is 0 Å². The summed E-state index contributed by atoms with van der Waals surface area (Å²) in [6, 6.07) is 5.69. The Hall–Kier alpha value is -1.64. The van der Waals surface area contributed by atoms with E-state index < -0.39 is 0 Å². The molecule has 0 aliphatic rings. The third-order valence-electron chi connectivity index (χ3n) is 2.33. The molecule has 0 aliphatic carbocycles. The van der Waals surface area contributed by atoms with Crippen LogP contribution in [0.3, 0.4) is 0 Å². The molecule has 0 bridgehead atoms. The topological polar surface area (TPSA) is 51.8 Å². The molecular formula is C11H13N3. The average molecular weight is 187 g/mol. The van der Waals surface area contributed by atoms with Crippen LogP contribution in [0.4, 0.5) is 5.69 Å². The first-order valence-corrected chi connectivity index (χ1v) is 4.74. The van der Waals surface area contributed by atoms with Gasteiger partial charge in [-0.25, -0.2) is 9.97 Å². The van der Waals surface area contributed by atoms with E-state index in [1.54, 1.807) is 0 Å². The summed E-state index contributed by atoms with van der Waals surface area (Å²) >= 11 is 0. The minimum atomic E-state index is 0.695. The van der Waals surface area contributed by atoms with Gasteiger partial charge < -0.3 is 5.73 Å². The summed E-state index contributed by atoms with van der Waals surface area (Å²) in [5.41, 5.74) is 10.2. The Kier molecular flexibility index (Phi) is 2.08. The lowest BCUT2D eigenvalue weighted by Gasteiger charge is -2.05. The summed E-state index contributed by atoms with van der Waals surface area (Å²) in [6.45, 7) is 4.05. The van der Waals surface area contributed by atoms with E-state index in [0.717, 1.165) is 28.8 Å². The Balaban J connectivity index is 2.79. The van der Waals surface area contributed by atoms with Gasteiger partial charge in [-0.15, -0.1) is 0 Å². The second-order valence-corrected chi connectivity index (χ2v) is 3.32. The lowest BCUT2D eigenvalue weighted by molar-refractivity contribution is 0.990. The summed E-state index contributed by atoms with van der Waals surface area (Å²) in [7, 11) is 0. The van der Waals surface area contributed by atoms with Gasteiger partial charge in [0.15, 0.2) is 0 Å². The van der Waals surface area contributed by atoms with Crippen LogP contribution in [0.25, 0.3) is 11.0 Å². The molecule has 0 saturated carbocycles. The maximum Gasteiger partial charge on any atom is 0.112 e. The highest BCUT2D eigenvalue weighted by molar-refractivity contribution is 5.86. The van der Waals surface area contributed by atoms with E-state index in [0.29, 0.717) is 5.69 Å². The standard InChI is InChI=1S/C11H13N3/c1-3-9-7(2)13-11-8(12)5-4-6-10(11)14-9/h4-6H,3,12H2,1-2H3. The molecule has 0 saturated heterocycles. The highest BCUT2D eigenvalue weighted by atomic mass is 14.8. The smallest absolute Gasteiger partial charge is 0.112 e. The van der Waals surface area contributed by atoms with Crippen molar-refractivity contribution in [3.05, 3.63) is 29.6 Å². The van der Waals surface area contributed by atoms with Gasteiger partial charge in [0.1, 0.15) is 5.52 Å². The predicted octanol–water partition coefficient (Wildman–Crippen LogP) is 2.08. The summed E-state index contributed by atoms with van der Waals surface area (Å²) in [5, 5.41) is 0. The van der Waals surface area contributed by atoms with Crippen molar-refractivity contribution in [2.45, 2.75) is 20.3 Å². The number of aryl methyl sites for hydroxylation is 2. The molecule has 2 N–H and O–H groups in total. The van der Waals surface area contributed by atoms with Crippen LogP contribution in [-0.4, -0.2) is 9.97 Å². The van der Waals surface area contributed by atoms with Gasteiger partial charge in [-0.05, 0) is 25.5 Å². The van der Waals surface area contributed by atoms with Gasteiger partial charge in [-0.2, -0.15) is 0 Å². The lowest BCUT2D eigenvalue weighted by atomic mass is 10.2. The van der Waals surface area contributed by atoms with Crippen LogP contribution >= 0.6 is 0 Å². The fraction of sp³-hybridized carbons (Fsp3) is 0.273. The van der Waals surface area contributed by atoms with Crippen molar-refractivity contribution in [1.82, 2.24) is 9.97 Å². The third-order valence-corrected chi connectivity index (χ3v) is 2.33. The molecule has 0 spiro atoms. The number of anilines is 1. The first-order chi connectivity index (χ1) is 6.72. The molecule has 0 unspecified atom stereocenters. The summed E-state index contributed by atoms with van der Waals surface area (Å²) in [6.07, 6.45) is 0.906. The molecule has 2 aromatic rings. The van der Waals surface area contributed by atoms with E-state index in [1.807, 2.05) is 25.1 Å². The summed E-state index contributed by atoms with van der Waals surface area (Å²) in [5.74, 6) is 0. The molecular weight excluding hydrogens is 174 g/mol. The predicted molar refractivity (Wildman–Crippen MR) is 58.1 cm³/mol. The second-order valence-electron chi connectivity index (χ2n) is 3.32. The number of para-hydroxylation sites is 1. The molecule has 3 heteroatoms. The minimum absolute atomic E-state index is 0.695. The number of nitrogen functional groups attached to an aromatic ring is 1. The van der Waals surface area contributed by atoms with Gasteiger partial charge in [0.05, 0.1) is 22.6 Å². The molecule has 0 radical (unpaired) electrons. The number of hydrogen-bond acceptors (Lipinski definition) is 3. The van der Waals surface area contributed by atoms with Crippen molar-refractivity contribution in [1.29, 1.82) is 0 Å². The molecule has 1 heterocycles. The van der Waals surface area contributed by atoms with Crippen LogP contribution in [0, 0.1) is 6.92 Å². The van der Waals surface area contributed by atoms with E-state index in [1.165, 1.54) is 0 Å². The maximum absolute atomic E-state index is 5.81. The SMILES string of the molecule is CCc1nc2cccc(N)c2nc1C. The lowest BCUT2D eigenvalue weighted by Crippen LogP contribution is -1.99. The van der Waals surface area contributed by atoms with Crippen LogP contribution in [0.2, 0.25) is 0 Å². The van der Waals surface area contributed by atoms with Crippen LogP contribution < -0.4 is 5.73 Å². The molecule has 1 aromatic heterocycles. The van der Waals surface area contributed by atoms with E-state index in [2.05, 4.69) is 16.9 Å². The van der Waals surface area contributed by atoms with Crippen molar-refractivity contribution < 1.29 is 0 Å². The first kappa shape index (κ1) is 8.94. The van der Waals surface area contributed by atoms with E-state index in [-0.39, 0.29) is 0 Å². The largest absolute Gasteiger partial charge is 0.397 e. The highest BCUT2D eigenvalue weighted by Crippen LogP contribution is 2.18. The molecule has 0 amide bonds. The van der Waals surface area contributed by atoms with Crippen molar-refractivity contribution in [2.24, 2.45) is 0 Å². The van der Waals surface area contributed by atoms with Crippen LogP contribution in [-0.2, 0) is 6.42 Å². The zero-order chi connectivity index (χ0) is 10.1. The molecule has 72 valence electrons. The van der Waals surface area contributed by atoms with Crippen molar-refractivity contribution in [2.75, 3.05) is 5.73 Å². The van der Waals surface area contributed by atoms with Gasteiger partial charge >= 0.3 is 0 Å². The Morgan fingerprint density at radius 3 is 2.79 bits per heavy atom. The quantitative estimate of drug-likeness (QED) is 0.695. The van der Waals surface area contributed by atoms with Gasteiger partial charge in [0, 0.05) is 0 Å². The second kappa shape index (κ2) is 3.25. The highest BCUT2D eigenvalue weighted by Gasteiger charge is 2.04. The van der Waals surface area contributed by atoms with Gasteiger partial charge in [-0.1, -0.05) is 13.0 Å². The summed E-state index contributed by atoms with van der Waals surface area (Å²) in [4.78, 5) is 8.97. The van der Waals surface area contributed by atoms with Crippen LogP contribution in [0.5, 0.6) is 0 Å². The zero-order valence-electron chi connectivity index (χ0n) is 8.41. The number of nitrogens with zero attached hydrogens (tertiary/aromatic N) is 2. The summed E-state index contributed by atoms with van der Waals surface area (Å²) < 4.78 is 0. The molecule has 14 heavy (non-hydrogen) atoms. The minimum Gasteiger partial charge on any atom is -0.397 e. The van der Waals surface area contributed by atoms with Crippen molar-refractivity contribution >= 4 is 16.7 Å². The molecule has 2 rings (SSSR count). The Bertz CT molecular complexity index is 477.